The molecule has 0 aliphatic rings. The maximum atomic E-state index is 12.9. The maximum Gasteiger partial charge on any atom is 0.232 e. The SMILES string of the molecule is COCC[S+]([O-])c1sc2nc(-c3cnc4nn(C)cc4c3)c(C#N)c(-c3ccccc3)c2c1N. The van der Waals surface area contributed by atoms with E-state index in [4.69, 9.17) is 15.5 Å². The van der Waals surface area contributed by atoms with Gasteiger partial charge in [0.15, 0.2) is 5.65 Å². The first-order chi connectivity index (χ1) is 16.5. The molecule has 0 bridgehead atoms. The van der Waals surface area contributed by atoms with Crippen molar-refractivity contribution in [3.8, 4) is 28.5 Å². The second-order valence-corrected chi connectivity index (χ2v) is 10.4. The number of methoxy groups -OCH3 is 1. The number of anilines is 1. The van der Waals surface area contributed by atoms with E-state index in [1.165, 1.54) is 11.3 Å². The van der Waals surface area contributed by atoms with E-state index in [0.29, 0.717) is 60.5 Å². The standard InChI is InChI=1S/C24H20N6O2S2/c1-30-13-16-10-15(12-27-22(16)29-30)21-17(11-25)18(14-6-4-3-5-7-14)19-20(26)24(33-23(19)28-21)34(31)9-8-32-2/h3-7,10,12-13H,8-9,26H2,1-2H3. The van der Waals surface area contributed by atoms with Crippen molar-refractivity contribution in [1.29, 1.82) is 5.26 Å². The highest BCUT2D eigenvalue weighted by Crippen LogP contribution is 2.45. The summed E-state index contributed by atoms with van der Waals surface area (Å²) >= 11 is -0.0565. The number of pyridine rings is 2. The molecule has 1 unspecified atom stereocenters. The van der Waals surface area contributed by atoms with Crippen molar-refractivity contribution in [3.05, 3.63) is 54.4 Å². The third-order valence-electron chi connectivity index (χ3n) is 5.44. The number of nitrogen functional groups attached to an aromatic ring is 1. The van der Waals surface area contributed by atoms with Crippen molar-refractivity contribution < 1.29 is 9.29 Å². The zero-order valence-electron chi connectivity index (χ0n) is 18.5. The molecule has 4 heterocycles. The Hall–Kier alpha value is -3.49. The summed E-state index contributed by atoms with van der Waals surface area (Å²) in [4.78, 5) is 9.92. The van der Waals surface area contributed by atoms with Crippen LogP contribution in [-0.4, -0.2) is 43.8 Å². The summed E-state index contributed by atoms with van der Waals surface area (Å²) in [6.07, 6.45) is 3.54. The Morgan fingerprint density at radius 1 is 1.26 bits per heavy atom. The summed E-state index contributed by atoms with van der Waals surface area (Å²) in [5.41, 5.74) is 10.7. The van der Waals surface area contributed by atoms with Gasteiger partial charge in [0.05, 0.1) is 17.9 Å². The minimum atomic E-state index is -1.35. The van der Waals surface area contributed by atoms with E-state index in [9.17, 15) is 9.81 Å². The van der Waals surface area contributed by atoms with E-state index in [0.717, 1.165) is 10.9 Å². The number of benzene rings is 1. The monoisotopic (exact) mass is 488 g/mol. The molecular weight excluding hydrogens is 468 g/mol. The molecule has 1 aromatic carbocycles. The van der Waals surface area contributed by atoms with Crippen LogP contribution in [0, 0.1) is 11.3 Å². The van der Waals surface area contributed by atoms with E-state index in [2.05, 4.69) is 16.2 Å². The predicted octanol–water partition coefficient (Wildman–Crippen LogP) is 4.12. The van der Waals surface area contributed by atoms with Crippen LogP contribution in [0.2, 0.25) is 0 Å². The van der Waals surface area contributed by atoms with Crippen LogP contribution < -0.4 is 5.73 Å². The lowest BCUT2D eigenvalue weighted by atomic mass is 9.94. The third kappa shape index (κ3) is 3.78. The molecule has 1 atom stereocenters. The summed E-state index contributed by atoms with van der Waals surface area (Å²) in [6.45, 7) is 0.352. The zero-order valence-corrected chi connectivity index (χ0v) is 20.1. The highest BCUT2D eigenvalue weighted by molar-refractivity contribution is 7.93. The van der Waals surface area contributed by atoms with Gasteiger partial charge in [0, 0.05) is 59.6 Å². The maximum absolute atomic E-state index is 12.9. The number of hydrogen-bond acceptors (Lipinski definition) is 8. The molecular formula is C24H20N6O2S2. The summed E-state index contributed by atoms with van der Waals surface area (Å²) in [5.74, 6) is 0.327. The number of nitrogens with two attached hydrogens (primary N) is 1. The van der Waals surface area contributed by atoms with Crippen LogP contribution in [0.15, 0.2) is 53.0 Å². The van der Waals surface area contributed by atoms with Gasteiger partial charge in [0.1, 0.15) is 22.3 Å². The van der Waals surface area contributed by atoms with Gasteiger partial charge in [0.2, 0.25) is 4.21 Å². The van der Waals surface area contributed by atoms with Crippen LogP contribution in [0.25, 0.3) is 43.6 Å². The van der Waals surface area contributed by atoms with Crippen LogP contribution in [0.5, 0.6) is 0 Å². The van der Waals surface area contributed by atoms with Crippen LogP contribution >= 0.6 is 11.3 Å². The van der Waals surface area contributed by atoms with E-state index < -0.39 is 11.2 Å². The molecule has 0 saturated heterocycles. The molecule has 2 N–H and O–H groups in total. The summed E-state index contributed by atoms with van der Waals surface area (Å²) in [6, 6.07) is 13.9. The Balaban J connectivity index is 1.82. The van der Waals surface area contributed by atoms with E-state index in [-0.39, 0.29) is 0 Å². The molecule has 0 spiro atoms. The van der Waals surface area contributed by atoms with E-state index in [1.807, 2.05) is 49.6 Å². The predicted molar refractivity (Wildman–Crippen MR) is 135 cm³/mol. The molecule has 0 aliphatic carbocycles. The first kappa shape index (κ1) is 22.3. The second-order valence-electron chi connectivity index (χ2n) is 7.65. The molecule has 170 valence electrons. The van der Waals surface area contributed by atoms with Crippen LogP contribution in [0.4, 0.5) is 5.69 Å². The molecule has 4 aromatic heterocycles. The Labute approximate surface area is 202 Å². The van der Waals surface area contributed by atoms with Crippen molar-refractivity contribution >= 4 is 49.5 Å². The third-order valence-corrected chi connectivity index (χ3v) is 8.32. The minimum Gasteiger partial charge on any atom is -0.611 e. The number of aromatic nitrogens is 4. The summed E-state index contributed by atoms with van der Waals surface area (Å²) < 4.78 is 20.3. The summed E-state index contributed by atoms with van der Waals surface area (Å²) in [7, 11) is 3.40. The average molecular weight is 489 g/mol. The van der Waals surface area contributed by atoms with Gasteiger partial charge in [-0.05, 0) is 11.6 Å². The fourth-order valence-electron chi connectivity index (χ4n) is 3.93. The van der Waals surface area contributed by atoms with Gasteiger partial charge >= 0.3 is 0 Å². The van der Waals surface area contributed by atoms with Gasteiger partial charge in [-0.3, -0.25) is 4.68 Å². The molecule has 5 aromatic rings. The van der Waals surface area contributed by atoms with Crippen molar-refractivity contribution in [2.45, 2.75) is 4.21 Å². The summed E-state index contributed by atoms with van der Waals surface area (Å²) in [5, 5.41) is 16.1. The molecule has 0 amide bonds. The van der Waals surface area contributed by atoms with Gasteiger partial charge < -0.3 is 15.0 Å². The average Bonchev–Trinajstić information content (AvgIpc) is 3.39. The van der Waals surface area contributed by atoms with Crippen LogP contribution in [-0.2, 0) is 23.0 Å². The smallest absolute Gasteiger partial charge is 0.232 e. The highest BCUT2D eigenvalue weighted by atomic mass is 32.2. The molecule has 0 aliphatic heterocycles. The lowest BCUT2D eigenvalue weighted by Gasteiger charge is -2.12. The minimum absolute atomic E-state index is 0.327. The quantitative estimate of drug-likeness (QED) is 0.356. The normalized spacial score (nSPS) is 12.3. The zero-order chi connectivity index (χ0) is 23.8. The molecule has 5 rings (SSSR count). The van der Waals surface area contributed by atoms with Gasteiger partial charge in [-0.15, -0.1) is 0 Å². The number of fused-ring (bicyclic) bond motifs is 2. The van der Waals surface area contributed by atoms with Gasteiger partial charge in [-0.1, -0.05) is 41.7 Å². The van der Waals surface area contributed by atoms with Gasteiger partial charge in [-0.2, -0.15) is 10.4 Å². The lowest BCUT2D eigenvalue weighted by Crippen LogP contribution is -2.11. The molecule has 10 heteroatoms. The molecule has 0 saturated carbocycles. The molecule has 34 heavy (non-hydrogen) atoms. The Morgan fingerprint density at radius 3 is 2.79 bits per heavy atom. The van der Waals surface area contributed by atoms with Crippen molar-refractivity contribution in [2.75, 3.05) is 25.2 Å². The topological polar surface area (TPSA) is 126 Å². The number of rotatable bonds is 6. The van der Waals surface area contributed by atoms with Gasteiger partial charge in [-0.25, -0.2) is 9.97 Å². The number of aryl methyl sites for hydroxylation is 1. The number of nitrogens with zero attached hydrogens (tertiary/aromatic N) is 5. The van der Waals surface area contributed by atoms with E-state index in [1.54, 1.807) is 18.0 Å². The Morgan fingerprint density at radius 2 is 2.06 bits per heavy atom. The molecule has 8 nitrogen and oxygen atoms in total. The van der Waals surface area contributed by atoms with Crippen molar-refractivity contribution in [2.24, 2.45) is 7.05 Å². The number of nitriles is 1. The Kier molecular flexibility index (Phi) is 5.93. The fourth-order valence-corrected chi connectivity index (χ4v) is 6.47. The van der Waals surface area contributed by atoms with Crippen LogP contribution in [0.3, 0.4) is 0 Å². The largest absolute Gasteiger partial charge is 0.611 e. The number of ether oxygens (including phenoxy) is 1. The molecule has 0 radical (unpaired) electrons. The van der Waals surface area contributed by atoms with Crippen molar-refractivity contribution in [3.63, 3.8) is 0 Å². The lowest BCUT2D eigenvalue weighted by molar-refractivity contribution is 0.217. The second kappa shape index (κ2) is 9.04. The highest BCUT2D eigenvalue weighted by Gasteiger charge is 2.28. The number of thiophene rings is 1. The first-order valence-electron chi connectivity index (χ1n) is 10.4. The first-order valence-corrected chi connectivity index (χ1v) is 12.5. The van der Waals surface area contributed by atoms with E-state index >= 15 is 0 Å². The van der Waals surface area contributed by atoms with Crippen LogP contribution in [0.1, 0.15) is 5.56 Å². The fraction of sp³-hybridized carbons (Fsp3) is 0.167. The number of hydrogen-bond donors (Lipinski definition) is 1. The van der Waals surface area contributed by atoms with Crippen molar-refractivity contribution in [1.82, 2.24) is 19.7 Å². The molecule has 0 fully saturated rings. The Bertz CT molecular complexity index is 1560. The van der Waals surface area contributed by atoms with Gasteiger partial charge in [0.25, 0.3) is 0 Å².